The lowest BCUT2D eigenvalue weighted by Gasteiger charge is -2.27. The Morgan fingerprint density at radius 3 is 2.81 bits per heavy atom. The van der Waals surface area contributed by atoms with Crippen molar-refractivity contribution in [1.82, 2.24) is 4.90 Å². The van der Waals surface area contributed by atoms with Crippen LogP contribution in [0, 0.1) is 0 Å². The largest absolute Gasteiger partial charge is 0.494 e. The van der Waals surface area contributed by atoms with E-state index in [9.17, 15) is 0 Å². The van der Waals surface area contributed by atoms with Crippen molar-refractivity contribution in [2.45, 2.75) is 19.5 Å². The highest BCUT2D eigenvalue weighted by Crippen LogP contribution is 2.26. The summed E-state index contributed by atoms with van der Waals surface area (Å²) in [6.07, 6.45) is 0. The van der Waals surface area contributed by atoms with Gasteiger partial charge in [-0.15, -0.1) is 11.3 Å². The molecule has 1 atom stereocenters. The lowest BCUT2D eigenvalue weighted by Crippen LogP contribution is -2.29. The summed E-state index contributed by atoms with van der Waals surface area (Å²) in [4.78, 5) is 3.60. The fraction of sp³-hybridized carbons (Fsp3) is 0.375. The van der Waals surface area contributed by atoms with Crippen LogP contribution in [0.5, 0.6) is 5.75 Å². The molecule has 0 saturated heterocycles. The first-order valence-corrected chi connectivity index (χ1v) is 8.67. The first-order chi connectivity index (χ1) is 10.1. The van der Waals surface area contributed by atoms with Gasteiger partial charge in [0.25, 0.3) is 0 Å². The molecule has 2 rings (SSSR count). The number of nitrogens with zero attached hydrogens (tertiary/aromatic N) is 1. The number of halogens is 1. The predicted octanol–water partition coefficient (Wildman–Crippen LogP) is 4.04. The lowest BCUT2D eigenvalue weighted by atomic mass is 10.1. The highest BCUT2D eigenvalue weighted by atomic mass is 79.9. The Bertz CT molecular complexity index is 573. The molecule has 1 aromatic carbocycles. The number of rotatable bonds is 7. The van der Waals surface area contributed by atoms with Crippen molar-refractivity contribution in [3.05, 3.63) is 50.6 Å². The molecule has 0 aliphatic rings. The van der Waals surface area contributed by atoms with Crippen molar-refractivity contribution in [3.8, 4) is 5.75 Å². The molecule has 0 amide bonds. The average Bonchev–Trinajstić information content (AvgIpc) is 2.86. The van der Waals surface area contributed by atoms with E-state index >= 15 is 0 Å². The van der Waals surface area contributed by atoms with Crippen LogP contribution in [0.4, 0.5) is 0 Å². The zero-order chi connectivity index (χ0) is 15.2. The van der Waals surface area contributed by atoms with Crippen LogP contribution in [-0.4, -0.2) is 25.1 Å². The molecular formula is C16H21BrN2OS. The highest BCUT2D eigenvalue weighted by molar-refractivity contribution is 9.10. The summed E-state index contributed by atoms with van der Waals surface area (Å²) in [7, 11) is 2.11. The first-order valence-electron chi connectivity index (χ1n) is 7.00. The summed E-state index contributed by atoms with van der Waals surface area (Å²) in [5.41, 5.74) is 7.20. The summed E-state index contributed by atoms with van der Waals surface area (Å²) < 4.78 is 6.72. The van der Waals surface area contributed by atoms with Gasteiger partial charge in [-0.05, 0) is 53.7 Å². The maximum absolute atomic E-state index is 6.00. The van der Waals surface area contributed by atoms with E-state index < -0.39 is 0 Å². The maximum Gasteiger partial charge on any atom is 0.119 e. The molecule has 0 aliphatic carbocycles. The van der Waals surface area contributed by atoms with Crippen LogP contribution in [0.1, 0.15) is 23.4 Å². The summed E-state index contributed by atoms with van der Waals surface area (Å²) >= 11 is 5.26. The van der Waals surface area contributed by atoms with Crippen LogP contribution in [0.2, 0.25) is 0 Å². The Hall–Kier alpha value is -0.880. The molecule has 21 heavy (non-hydrogen) atoms. The van der Waals surface area contributed by atoms with Crippen LogP contribution >= 0.6 is 27.3 Å². The zero-order valence-electron chi connectivity index (χ0n) is 12.4. The van der Waals surface area contributed by atoms with Gasteiger partial charge in [0.05, 0.1) is 6.61 Å². The molecule has 0 aliphatic heterocycles. The quantitative estimate of drug-likeness (QED) is 0.801. The van der Waals surface area contributed by atoms with Gasteiger partial charge in [0.2, 0.25) is 0 Å². The second-order valence-corrected chi connectivity index (χ2v) is 6.81. The zero-order valence-corrected chi connectivity index (χ0v) is 14.8. The maximum atomic E-state index is 6.00. The Labute approximate surface area is 138 Å². The minimum Gasteiger partial charge on any atom is -0.494 e. The Morgan fingerprint density at radius 2 is 2.19 bits per heavy atom. The van der Waals surface area contributed by atoms with E-state index in [1.165, 1.54) is 10.4 Å². The van der Waals surface area contributed by atoms with E-state index in [0.717, 1.165) is 16.8 Å². The first kappa shape index (κ1) is 16.5. The Kier molecular flexibility index (Phi) is 6.23. The van der Waals surface area contributed by atoms with Gasteiger partial charge >= 0.3 is 0 Å². The Balaban J connectivity index is 2.12. The van der Waals surface area contributed by atoms with Crippen molar-refractivity contribution in [1.29, 1.82) is 0 Å². The van der Waals surface area contributed by atoms with E-state index in [0.29, 0.717) is 13.2 Å². The molecule has 0 saturated carbocycles. The second kappa shape index (κ2) is 7.94. The number of ether oxygens (including phenoxy) is 1. The molecule has 0 fully saturated rings. The monoisotopic (exact) mass is 368 g/mol. The molecule has 2 N–H and O–H groups in total. The molecule has 3 nitrogen and oxygen atoms in total. The number of likely N-dealkylation sites (N-methyl/N-ethyl adjacent to an activating group) is 1. The lowest BCUT2D eigenvalue weighted by molar-refractivity contribution is 0.243. The fourth-order valence-corrected chi connectivity index (χ4v) is 3.85. The second-order valence-electron chi connectivity index (χ2n) is 4.90. The van der Waals surface area contributed by atoms with Crippen molar-refractivity contribution >= 4 is 27.3 Å². The molecule has 2 aromatic rings. The van der Waals surface area contributed by atoms with Gasteiger partial charge in [-0.25, -0.2) is 0 Å². The van der Waals surface area contributed by atoms with E-state index in [-0.39, 0.29) is 6.04 Å². The van der Waals surface area contributed by atoms with E-state index in [4.69, 9.17) is 10.5 Å². The summed E-state index contributed by atoms with van der Waals surface area (Å²) in [5, 5.41) is 2.11. The highest BCUT2D eigenvalue weighted by Gasteiger charge is 2.17. The van der Waals surface area contributed by atoms with Crippen molar-refractivity contribution in [3.63, 3.8) is 0 Å². The van der Waals surface area contributed by atoms with Crippen LogP contribution in [-0.2, 0) is 6.54 Å². The Morgan fingerprint density at radius 1 is 1.38 bits per heavy atom. The normalized spacial score (nSPS) is 12.6. The molecule has 0 bridgehead atoms. The van der Waals surface area contributed by atoms with Crippen molar-refractivity contribution < 1.29 is 4.74 Å². The summed E-state index contributed by atoms with van der Waals surface area (Å²) in [6, 6.07) is 10.6. The SMILES string of the molecule is CCOc1cccc(C(CN)N(C)Cc2cc(Br)cs2)c1. The fourth-order valence-electron chi connectivity index (χ4n) is 2.34. The molecule has 114 valence electrons. The minimum atomic E-state index is 0.186. The van der Waals surface area contributed by atoms with Crippen LogP contribution < -0.4 is 10.5 Å². The topological polar surface area (TPSA) is 38.5 Å². The molecule has 1 heterocycles. The third-order valence-electron chi connectivity index (χ3n) is 3.34. The van der Waals surface area contributed by atoms with Gasteiger partial charge in [0.1, 0.15) is 5.75 Å². The smallest absolute Gasteiger partial charge is 0.119 e. The van der Waals surface area contributed by atoms with Crippen LogP contribution in [0.3, 0.4) is 0 Å². The number of benzene rings is 1. The number of hydrogen-bond acceptors (Lipinski definition) is 4. The van der Waals surface area contributed by atoms with Gasteiger partial charge in [0.15, 0.2) is 0 Å². The van der Waals surface area contributed by atoms with E-state index in [2.05, 4.69) is 51.5 Å². The van der Waals surface area contributed by atoms with Gasteiger partial charge < -0.3 is 10.5 Å². The van der Waals surface area contributed by atoms with Crippen molar-refractivity contribution in [2.75, 3.05) is 20.2 Å². The van der Waals surface area contributed by atoms with Crippen molar-refractivity contribution in [2.24, 2.45) is 5.73 Å². The number of hydrogen-bond donors (Lipinski definition) is 1. The third-order valence-corrected chi connectivity index (χ3v) is 5.02. The molecule has 0 radical (unpaired) electrons. The van der Waals surface area contributed by atoms with E-state index in [1.54, 1.807) is 11.3 Å². The standard InChI is InChI=1S/C16H21BrN2OS/c1-3-20-14-6-4-5-12(7-14)16(9-18)19(2)10-15-8-13(17)11-21-15/h4-8,11,16H,3,9-10,18H2,1-2H3. The average molecular weight is 369 g/mol. The summed E-state index contributed by atoms with van der Waals surface area (Å²) in [5.74, 6) is 0.903. The predicted molar refractivity (Wildman–Crippen MR) is 92.9 cm³/mol. The number of thiophene rings is 1. The number of nitrogens with two attached hydrogens (primary N) is 1. The van der Waals surface area contributed by atoms with Gasteiger partial charge in [-0.1, -0.05) is 12.1 Å². The van der Waals surface area contributed by atoms with Crippen LogP contribution in [0.25, 0.3) is 0 Å². The summed E-state index contributed by atoms with van der Waals surface area (Å²) in [6.45, 7) is 4.14. The molecule has 0 spiro atoms. The van der Waals surface area contributed by atoms with Gasteiger partial charge in [-0.3, -0.25) is 4.90 Å². The molecular weight excluding hydrogens is 348 g/mol. The molecule has 1 aromatic heterocycles. The van der Waals surface area contributed by atoms with Crippen LogP contribution in [0.15, 0.2) is 40.2 Å². The molecule has 1 unspecified atom stereocenters. The third kappa shape index (κ3) is 4.54. The van der Waals surface area contributed by atoms with Gasteiger partial charge in [-0.2, -0.15) is 0 Å². The molecule has 5 heteroatoms. The minimum absolute atomic E-state index is 0.186. The van der Waals surface area contributed by atoms with E-state index in [1.807, 2.05) is 19.1 Å². The van der Waals surface area contributed by atoms with Gasteiger partial charge in [0, 0.05) is 33.9 Å².